The summed E-state index contributed by atoms with van der Waals surface area (Å²) in [6.45, 7) is 0.135. The SMILES string of the molecule is NOCc1cc2cc(C(F)(F)F)ccc2[nH]1. The van der Waals surface area contributed by atoms with E-state index in [1.165, 1.54) is 6.07 Å². The van der Waals surface area contributed by atoms with E-state index in [1.807, 2.05) is 0 Å². The van der Waals surface area contributed by atoms with E-state index in [1.54, 1.807) is 6.07 Å². The summed E-state index contributed by atoms with van der Waals surface area (Å²) in [4.78, 5) is 7.30. The lowest BCUT2D eigenvalue weighted by Gasteiger charge is -2.05. The lowest BCUT2D eigenvalue weighted by atomic mass is 10.1. The molecule has 0 aliphatic rings. The fraction of sp³-hybridized carbons (Fsp3) is 0.200. The summed E-state index contributed by atoms with van der Waals surface area (Å²) >= 11 is 0. The van der Waals surface area contributed by atoms with Gasteiger partial charge >= 0.3 is 6.18 Å². The number of aromatic amines is 1. The maximum Gasteiger partial charge on any atom is 0.416 e. The van der Waals surface area contributed by atoms with Gasteiger partial charge in [0.2, 0.25) is 0 Å². The molecule has 2 rings (SSSR count). The molecule has 3 N–H and O–H groups in total. The molecule has 1 aromatic heterocycles. The van der Waals surface area contributed by atoms with Gasteiger partial charge in [0.1, 0.15) is 6.61 Å². The Morgan fingerprint density at radius 1 is 1.25 bits per heavy atom. The van der Waals surface area contributed by atoms with E-state index < -0.39 is 11.7 Å². The van der Waals surface area contributed by atoms with Gasteiger partial charge < -0.3 is 4.98 Å². The second-order valence-electron chi connectivity index (χ2n) is 3.41. The van der Waals surface area contributed by atoms with Crippen LogP contribution >= 0.6 is 0 Å². The number of H-pyrrole nitrogens is 1. The lowest BCUT2D eigenvalue weighted by molar-refractivity contribution is -0.137. The van der Waals surface area contributed by atoms with Crippen molar-refractivity contribution in [2.45, 2.75) is 12.8 Å². The van der Waals surface area contributed by atoms with Crippen molar-refractivity contribution in [2.24, 2.45) is 5.90 Å². The van der Waals surface area contributed by atoms with Gasteiger partial charge in [0, 0.05) is 16.6 Å². The van der Waals surface area contributed by atoms with Gasteiger partial charge in [-0.3, -0.25) is 4.84 Å². The van der Waals surface area contributed by atoms with Crippen LogP contribution in [0.5, 0.6) is 0 Å². The molecule has 0 aliphatic carbocycles. The van der Waals surface area contributed by atoms with Crippen molar-refractivity contribution in [3.63, 3.8) is 0 Å². The third-order valence-electron chi connectivity index (χ3n) is 2.24. The van der Waals surface area contributed by atoms with Crippen molar-refractivity contribution in [2.75, 3.05) is 0 Å². The molecule has 0 aliphatic heterocycles. The predicted molar refractivity (Wildman–Crippen MR) is 52.3 cm³/mol. The number of hydrogen-bond acceptors (Lipinski definition) is 2. The minimum Gasteiger partial charge on any atom is -0.356 e. The zero-order valence-electron chi connectivity index (χ0n) is 8.14. The van der Waals surface area contributed by atoms with Crippen molar-refractivity contribution in [3.05, 3.63) is 35.5 Å². The van der Waals surface area contributed by atoms with Gasteiger partial charge in [-0.1, -0.05) is 0 Å². The molecule has 0 amide bonds. The Morgan fingerprint density at radius 2 is 2.00 bits per heavy atom. The number of fused-ring (bicyclic) bond motifs is 1. The van der Waals surface area contributed by atoms with Gasteiger partial charge in [-0.25, -0.2) is 5.90 Å². The van der Waals surface area contributed by atoms with Crippen molar-refractivity contribution in [1.82, 2.24) is 4.98 Å². The highest BCUT2D eigenvalue weighted by atomic mass is 19.4. The summed E-state index contributed by atoms with van der Waals surface area (Å²) in [5.41, 5.74) is 0.594. The summed E-state index contributed by atoms with van der Waals surface area (Å²) in [5.74, 6) is 4.88. The molecule has 0 saturated heterocycles. The van der Waals surface area contributed by atoms with Gasteiger partial charge in [-0.2, -0.15) is 13.2 Å². The first-order chi connectivity index (χ1) is 7.50. The van der Waals surface area contributed by atoms with Gasteiger partial charge in [0.15, 0.2) is 0 Å². The molecule has 1 heterocycles. The van der Waals surface area contributed by atoms with Crippen LogP contribution < -0.4 is 5.90 Å². The lowest BCUT2D eigenvalue weighted by Crippen LogP contribution is -2.03. The van der Waals surface area contributed by atoms with Crippen molar-refractivity contribution >= 4 is 10.9 Å². The molecule has 0 spiro atoms. The average Bonchev–Trinajstić information content (AvgIpc) is 2.57. The molecule has 0 radical (unpaired) electrons. The molecule has 0 saturated carbocycles. The highest BCUT2D eigenvalue weighted by Gasteiger charge is 2.30. The molecule has 1 aromatic carbocycles. The van der Waals surface area contributed by atoms with Gasteiger partial charge in [0.25, 0.3) is 0 Å². The highest BCUT2D eigenvalue weighted by molar-refractivity contribution is 5.81. The minimum absolute atomic E-state index is 0.135. The van der Waals surface area contributed by atoms with Crippen LogP contribution in [0, 0.1) is 0 Å². The fourth-order valence-electron chi connectivity index (χ4n) is 1.54. The van der Waals surface area contributed by atoms with E-state index in [4.69, 9.17) is 5.90 Å². The second kappa shape index (κ2) is 3.80. The number of rotatable bonds is 2. The summed E-state index contributed by atoms with van der Waals surface area (Å²) in [7, 11) is 0. The second-order valence-corrected chi connectivity index (χ2v) is 3.41. The molecule has 0 atom stereocenters. The highest BCUT2D eigenvalue weighted by Crippen LogP contribution is 2.31. The standard InChI is InChI=1S/C10H9F3N2O/c11-10(12,13)7-1-2-9-6(3-7)4-8(15-9)5-16-14/h1-4,15H,5,14H2. The minimum atomic E-state index is -4.32. The third-order valence-corrected chi connectivity index (χ3v) is 2.24. The van der Waals surface area contributed by atoms with Crippen molar-refractivity contribution in [3.8, 4) is 0 Å². The Kier molecular flexibility index (Phi) is 2.61. The van der Waals surface area contributed by atoms with E-state index in [9.17, 15) is 13.2 Å². The first-order valence-corrected chi connectivity index (χ1v) is 4.51. The molecule has 0 bridgehead atoms. The van der Waals surface area contributed by atoms with E-state index in [0.717, 1.165) is 12.1 Å². The summed E-state index contributed by atoms with van der Waals surface area (Å²) in [6, 6.07) is 5.09. The molecule has 0 fully saturated rings. The predicted octanol–water partition coefficient (Wildman–Crippen LogP) is 2.58. The zero-order chi connectivity index (χ0) is 11.8. The number of alkyl halides is 3. The maximum atomic E-state index is 12.4. The van der Waals surface area contributed by atoms with E-state index in [2.05, 4.69) is 9.82 Å². The quantitative estimate of drug-likeness (QED) is 0.779. The van der Waals surface area contributed by atoms with Crippen LogP contribution in [0.1, 0.15) is 11.3 Å². The Hall–Kier alpha value is -1.53. The number of benzene rings is 1. The van der Waals surface area contributed by atoms with E-state index >= 15 is 0 Å². The molecule has 16 heavy (non-hydrogen) atoms. The van der Waals surface area contributed by atoms with Crippen LogP contribution in [0.4, 0.5) is 13.2 Å². The summed E-state index contributed by atoms with van der Waals surface area (Å²) in [5, 5.41) is 0.488. The van der Waals surface area contributed by atoms with Crippen LogP contribution in [0.15, 0.2) is 24.3 Å². The Labute approximate surface area is 89.0 Å². The average molecular weight is 230 g/mol. The first-order valence-electron chi connectivity index (χ1n) is 4.51. The monoisotopic (exact) mass is 230 g/mol. The van der Waals surface area contributed by atoms with Crippen LogP contribution in [-0.2, 0) is 17.6 Å². The van der Waals surface area contributed by atoms with E-state index in [-0.39, 0.29) is 6.61 Å². The van der Waals surface area contributed by atoms with Gasteiger partial charge in [0.05, 0.1) is 5.56 Å². The Morgan fingerprint density at radius 3 is 2.62 bits per heavy atom. The van der Waals surface area contributed by atoms with Crippen molar-refractivity contribution in [1.29, 1.82) is 0 Å². The molecule has 3 nitrogen and oxygen atoms in total. The molecule has 2 aromatic rings. The van der Waals surface area contributed by atoms with Crippen LogP contribution in [0.25, 0.3) is 10.9 Å². The fourth-order valence-corrected chi connectivity index (χ4v) is 1.54. The molecule has 86 valence electrons. The largest absolute Gasteiger partial charge is 0.416 e. The summed E-state index contributed by atoms with van der Waals surface area (Å²) in [6.07, 6.45) is -4.32. The van der Waals surface area contributed by atoms with Crippen LogP contribution in [-0.4, -0.2) is 4.98 Å². The molecule has 0 unspecified atom stereocenters. The molecular weight excluding hydrogens is 221 g/mol. The Balaban J connectivity index is 2.46. The van der Waals surface area contributed by atoms with Crippen molar-refractivity contribution < 1.29 is 18.0 Å². The first kappa shape index (κ1) is 11.0. The molecular formula is C10H9F3N2O. The van der Waals surface area contributed by atoms with Crippen LogP contribution in [0.3, 0.4) is 0 Å². The number of aromatic nitrogens is 1. The topological polar surface area (TPSA) is 51.0 Å². The van der Waals surface area contributed by atoms with Gasteiger partial charge in [-0.05, 0) is 24.3 Å². The maximum absolute atomic E-state index is 12.4. The van der Waals surface area contributed by atoms with Crippen LogP contribution in [0.2, 0.25) is 0 Å². The normalized spacial score (nSPS) is 12.2. The number of nitrogens with one attached hydrogen (secondary N) is 1. The third kappa shape index (κ3) is 2.02. The van der Waals surface area contributed by atoms with Gasteiger partial charge in [-0.15, -0.1) is 0 Å². The number of nitrogens with two attached hydrogens (primary N) is 1. The summed E-state index contributed by atoms with van der Waals surface area (Å²) < 4.78 is 37.2. The number of hydrogen-bond donors (Lipinski definition) is 2. The molecule has 6 heteroatoms. The zero-order valence-corrected chi connectivity index (χ0v) is 8.14. The van der Waals surface area contributed by atoms with E-state index in [0.29, 0.717) is 16.6 Å². The Bertz CT molecular complexity index is 504. The number of halogens is 3. The smallest absolute Gasteiger partial charge is 0.356 e.